The van der Waals surface area contributed by atoms with Gasteiger partial charge in [-0.25, -0.2) is 10.1 Å². The van der Waals surface area contributed by atoms with E-state index in [0.29, 0.717) is 12.8 Å². The van der Waals surface area contributed by atoms with Crippen LogP contribution in [0.3, 0.4) is 0 Å². The van der Waals surface area contributed by atoms with Crippen LogP contribution in [0.15, 0.2) is 52.9 Å². The van der Waals surface area contributed by atoms with E-state index in [-0.39, 0.29) is 11.8 Å². The number of amides is 1. The number of aromatic hydroxyl groups is 1. The van der Waals surface area contributed by atoms with Crippen LogP contribution in [0.1, 0.15) is 18.4 Å². The first kappa shape index (κ1) is 14.6. The second kappa shape index (κ2) is 5.93. The van der Waals surface area contributed by atoms with E-state index in [9.17, 15) is 9.90 Å². The van der Waals surface area contributed by atoms with Gasteiger partial charge in [-0.05, 0) is 29.1 Å². The topological polar surface area (TPSA) is 79.5 Å². The first-order chi connectivity index (χ1) is 11.7. The average molecular weight is 338 g/mol. The second-order valence-corrected chi connectivity index (χ2v) is 6.36. The van der Waals surface area contributed by atoms with Crippen molar-refractivity contribution >= 4 is 23.0 Å². The molecule has 0 saturated carbocycles. The average Bonchev–Trinajstić information content (AvgIpc) is 3.25. The third-order valence-corrected chi connectivity index (χ3v) is 4.71. The fourth-order valence-electron chi connectivity index (χ4n) is 2.58. The minimum absolute atomic E-state index is 0.0575. The van der Waals surface area contributed by atoms with Crippen molar-refractivity contribution < 1.29 is 9.90 Å². The van der Waals surface area contributed by atoms with Gasteiger partial charge in [0.1, 0.15) is 5.69 Å². The maximum Gasteiger partial charge on any atom is 0.240 e. The predicted octanol–water partition coefficient (Wildman–Crippen LogP) is 2.92. The number of nitrogens with zero attached hydrogens (tertiary/aromatic N) is 3. The van der Waals surface area contributed by atoms with Crippen molar-refractivity contribution in [2.45, 2.75) is 12.8 Å². The highest BCUT2D eigenvalue weighted by atomic mass is 32.1. The fourth-order valence-corrected chi connectivity index (χ4v) is 3.26. The highest BCUT2D eigenvalue weighted by Crippen LogP contribution is 2.28. The number of thiophene rings is 1. The molecule has 1 aliphatic rings. The van der Waals surface area contributed by atoms with Crippen molar-refractivity contribution in [1.82, 2.24) is 15.2 Å². The van der Waals surface area contributed by atoms with Crippen molar-refractivity contribution in [3.05, 3.63) is 53.4 Å². The van der Waals surface area contributed by atoms with Gasteiger partial charge in [0.05, 0.1) is 16.3 Å². The van der Waals surface area contributed by atoms with Gasteiger partial charge in [-0.1, -0.05) is 18.2 Å². The third-order valence-electron chi connectivity index (χ3n) is 3.81. The van der Waals surface area contributed by atoms with Crippen molar-refractivity contribution in [2.75, 3.05) is 0 Å². The Morgan fingerprint density at radius 2 is 2.00 bits per heavy atom. The van der Waals surface area contributed by atoms with Crippen LogP contribution in [0.5, 0.6) is 5.88 Å². The summed E-state index contributed by atoms with van der Waals surface area (Å²) in [6, 6.07) is 13.2. The van der Waals surface area contributed by atoms with Gasteiger partial charge >= 0.3 is 0 Å². The van der Waals surface area contributed by atoms with Gasteiger partial charge in [0.25, 0.3) is 0 Å². The zero-order chi connectivity index (χ0) is 16.5. The second-order valence-electron chi connectivity index (χ2n) is 5.42. The molecule has 1 aromatic carbocycles. The molecule has 0 bridgehead atoms. The minimum Gasteiger partial charge on any atom is -0.493 e. The predicted molar refractivity (Wildman–Crippen MR) is 92.5 cm³/mol. The number of aromatic nitrogens is 2. The first-order valence-corrected chi connectivity index (χ1v) is 8.38. The summed E-state index contributed by atoms with van der Waals surface area (Å²) in [6.07, 6.45) is 1.07. The summed E-state index contributed by atoms with van der Waals surface area (Å²) in [6.45, 7) is 0. The summed E-state index contributed by atoms with van der Waals surface area (Å²) in [5, 5.41) is 20.7. The molecule has 4 rings (SSSR count). The molecule has 0 atom stereocenters. The molecular weight excluding hydrogens is 324 g/mol. The van der Waals surface area contributed by atoms with Gasteiger partial charge in [-0.15, -0.1) is 11.3 Å². The van der Waals surface area contributed by atoms with Crippen LogP contribution in [0, 0.1) is 0 Å². The number of nitrogens with one attached hydrogen (secondary N) is 1. The van der Waals surface area contributed by atoms with Crippen LogP contribution in [0.25, 0.3) is 16.3 Å². The number of carbonyl (C=O) groups is 1. The van der Waals surface area contributed by atoms with Crippen molar-refractivity contribution in [1.29, 1.82) is 0 Å². The third kappa shape index (κ3) is 2.69. The van der Waals surface area contributed by atoms with Crippen LogP contribution >= 0.6 is 11.3 Å². The Labute approximate surface area is 142 Å². The van der Waals surface area contributed by atoms with Crippen molar-refractivity contribution in [2.24, 2.45) is 5.10 Å². The molecular formula is C17H14N4O2S. The molecule has 0 unspecified atom stereocenters. The molecule has 7 heteroatoms. The molecule has 0 saturated heterocycles. The molecule has 120 valence electrons. The molecule has 2 aromatic heterocycles. The molecule has 0 aliphatic carbocycles. The zero-order valence-electron chi connectivity index (χ0n) is 12.6. The Hall–Kier alpha value is -2.93. The SMILES string of the molecule is O=C1CCC(c2ccc(-n3nc(-c4cccs4)cc3O)cc2)=NN1. The first-order valence-electron chi connectivity index (χ1n) is 7.50. The van der Waals surface area contributed by atoms with Gasteiger partial charge < -0.3 is 5.11 Å². The van der Waals surface area contributed by atoms with E-state index in [1.165, 1.54) is 4.68 Å². The molecule has 24 heavy (non-hydrogen) atoms. The highest BCUT2D eigenvalue weighted by molar-refractivity contribution is 7.13. The molecule has 3 aromatic rings. The van der Waals surface area contributed by atoms with E-state index in [0.717, 1.165) is 27.5 Å². The highest BCUT2D eigenvalue weighted by Gasteiger charge is 2.14. The Kier molecular flexibility index (Phi) is 3.62. The Morgan fingerprint density at radius 1 is 1.17 bits per heavy atom. The van der Waals surface area contributed by atoms with Crippen LogP contribution in [-0.2, 0) is 4.79 Å². The quantitative estimate of drug-likeness (QED) is 0.770. The summed E-state index contributed by atoms with van der Waals surface area (Å²) in [5.74, 6) is 0.0337. The fraction of sp³-hybridized carbons (Fsp3) is 0.118. The van der Waals surface area contributed by atoms with Crippen molar-refractivity contribution in [3.63, 3.8) is 0 Å². The number of benzene rings is 1. The lowest BCUT2D eigenvalue weighted by atomic mass is 10.0. The maximum atomic E-state index is 11.2. The van der Waals surface area contributed by atoms with E-state index < -0.39 is 0 Å². The van der Waals surface area contributed by atoms with Crippen molar-refractivity contribution in [3.8, 4) is 22.1 Å². The number of hydrogen-bond donors (Lipinski definition) is 2. The number of hydrogen-bond acceptors (Lipinski definition) is 5. The molecule has 0 radical (unpaired) electrons. The molecule has 0 spiro atoms. The molecule has 6 nitrogen and oxygen atoms in total. The number of carbonyl (C=O) groups excluding carboxylic acids is 1. The van der Waals surface area contributed by atoms with Crippen LogP contribution in [-0.4, -0.2) is 26.5 Å². The van der Waals surface area contributed by atoms with Crippen LogP contribution < -0.4 is 5.43 Å². The minimum atomic E-state index is -0.0575. The zero-order valence-corrected chi connectivity index (χ0v) is 13.5. The lowest BCUT2D eigenvalue weighted by molar-refractivity contribution is -0.121. The lowest BCUT2D eigenvalue weighted by Gasteiger charge is -2.12. The van der Waals surface area contributed by atoms with Gasteiger partial charge in [-0.3, -0.25) is 4.79 Å². The summed E-state index contributed by atoms with van der Waals surface area (Å²) < 4.78 is 1.50. The molecule has 2 N–H and O–H groups in total. The molecule has 1 amide bonds. The standard InChI is InChI=1S/C17H14N4O2S/c22-16-8-7-13(18-19-16)11-3-5-12(6-4-11)21-17(23)10-14(20-21)15-2-1-9-24-15/h1-6,9-10,23H,7-8H2,(H,19,22). The van der Waals surface area contributed by atoms with E-state index in [4.69, 9.17) is 0 Å². The Bertz CT molecular complexity index is 911. The van der Waals surface area contributed by atoms with Gasteiger partial charge in [0.2, 0.25) is 11.8 Å². The van der Waals surface area contributed by atoms with E-state index in [1.807, 2.05) is 41.8 Å². The Morgan fingerprint density at radius 3 is 2.67 bits per heavy atom. The van der Waals surface area contributed by atoms with Gasteiger partial charge in [-0.2, -0.15) is 10.2 Å². The summed E-state index contributed by atoms with van der Waals surface area (Å²) in [7, 11) is 0. The number of hydrazone groups is 1. The summed E-state index contributed by atoms with van der Waals surface area (Å²) in [5.41, 5.74) is 5.80. The lowest BCUT2D eigenvalue weighted by Crippen LogP contribution is -2.25. The smallest absolute Gasteiger partial charge is 0.240 e. The summed E-state index contributed by atoms with van der Waals surface area (Å²) >= 11 is 1.58. The van der Waals surface area contributed by atoms with E-state index in [1.54, 1.807) is 17.4 Å². The largest absolute Gasteiger partial charge is 0.493 e. The van der Waals surface area contributed by atoms with E-state index >= 15 is 0 Å². The molecule has 0 fully saturated rings. The Balaban J connectivity index is 1.63. The number of rotatable bonds is 3. The van der Waals surface area contributed by atoms with E-state index in [2.05, 4.69) is 15.6 Å². The molecule has 3 heterocycles. The molecule has 1 aliphatic heterocycles. The van der Waals surface area contributed by atoms with Crippen LogP contribution in [0.2, 0.25) is 0 Å². The normalized spacial score (nSPS) is 14.3. The monoisotopic (exact) mass is 338 g/mol. The van der Waals surface area contributed by atoms with Crippen LogP contribution in [0.4, 0.5) is 0 Å². The van der Waals surface area contributed by atoms with Gasteiger partial charge in [0.15, 0.2) is 0 Å². The maximum absolute atomic E-state index is 11.2. The summed E-state index contributed by atoms with van der Waals surface area (Å²) in [4.78, 5) is 12.2. The van der Waals surface area contributed by atoms with Gasteiger partial charge in [0, 0.05) is 18.9 Å².